The average Bonchev–Trinajstić information content (AvgIpc) is 2.23. The van der Waals surface area contributed by atoms with Gasteiger partial charge in [0.05, 0.1) is 0 Å². The first-order valence-corrected chi connectivity index (χ1v) is 5.53. The molecule has 1 aromatic rings. The van der Waals surface area contributed by atoms with Gasteiger partial charge in [-0.2, -0.15) is 0 Å². The van der Waals surface area contributed by atoms with Crippen LogP contribution in [0.1, 0.15) is 25.0 Å². The van der Waals surface area contributed by atoms with Crippen molar-refractivity contribution in [3.05, 3.63) is 29.3 Å². The summed E-state index contributed by atoms with van der Waals surface area (Å²) in [5, 5.41) is 11.2. The number of carbonyl (C=O) groups is 2. The zero-order valence-corrected chi connectivity index (χ0v) is 10.9. The van der Waals surface area contributed by atoms with Gasteiger partial charge in [-0.3, -0.25) is 0 Å². The smallest absolute Gasteiger partial charge is 0.413 e. The average molecular weight is 251 g/mol. The summed E-state index contributed by atoms with van der Waals surface area (Å²) in [6.07, 6.45) is -0.781. The van der Waals surface area contributed by atoms with E-state index in [0.717, 1.165) is 11.1 Å². The van der Waals surface area contributed by atoms with Gasteiger partial charge in [0, 0.05) is 0 Å². The second-order valence-corrected chi connectivity index (χ2v) is 4.64. The maximum absolute atomic E-state index is 11.6. The number of aliphatic carboxylic acids is 1. The molecule has 0 bridgehead atoms. The highest BCUT2D eigenvalue weighted by Gasteiger charge is 2.29. The molecule has 2 N–H and O–H groups in total. The van der Waals surface area contributed by atoms with E-state index in [1.54, 1.807) is 12.1 Å². The van der Waals surface area contributed by atoms with Crippen molar-refractivity contribution in [2.45, 2.75) is 33.2 Å². The molecule has 0 aliphatic carbocycles. The summed E-state index contributed by atoms with van der Waals surface area (Å²) in [5.41, 5.74) is 0.480. The van der Waals surface area contributed by atoms with E-state index in [1.165, 1.54) is 13.8 Å². The first-order valence-electron chi connectivity index (χ1n) is 5.53. The lowest BCUT2D eigenvalue weighted by atomic mass is 10.1. The van der Waals surface area contributed by atoms with Crippen molar-refractivity contribution in [2.75, 3.05) is 0 Å². The zero-order valence-electron chi connectivity index (χ0n) is 10.9. The molecule has 0 radical (unpaired) electrons. The molecule has 0 spiro atoms. The Labute approximate surface area is 106 Å². The molecule has 98 valence electrons. The van der Waals surface area contributed by atoms with Crippen molar-refractivity contribution in [2.24, 2.45) is 0 Å². The maximum Gasteiger partial charge on any atom is 0.413 e. The van der Waals surface area contributed by atoms with Gasteiger partial charge in [0.1, 0.15) is 11.3 Å². The third-order valence-corrected chi connectivity index (χ3v) is 2.71. The maximum atomic E-state index is 11.6. The number of carboxylic acids is 1. The van der Waals surface area contributed by atoms with Crippen LogP contribution in [0.4, 0.5) is 4.79 Å². The van der Waals surface area contributed by atoms with E-state index >= 15 is 0 Å². The predicted octanol–water partition coefficient (Wildman–Crippen LogP) is 2.26. The normalized spacial score (nSPS) is 10.9. The van der Waals surface area contributed by atoms with Crippen LogP contribution in [-0.4, -0.2) is 22.7 Å². The fourth-order valence-electron chi connectivity index (χ4n) is 1.27. The number of amides is 1. The Kier molecular flexibility index (Phi) is 3.96. The van der Waals surface area contributed by atoms with E-state index in [2.05, 4.69) is 5.32 Å². The third-order valence-electron chi connectivity index (χ3n) is 2.71. The van der Waals surface area contributed by atoms with E-state index in [1.807, 2.05) is 19.9 Å². The molecule has 0 fully saturated rings. The molecule has 0 saturated carbocycles. The van der Waals surface area contributed by atoms with Crippen LogP contribution in [0.5, 0.6) is 5.75 Å². The predicted molar refractivity (Wildman–Crippen MR) is 66.8 cm³/mol. The van der Waals surface area contributed by atoms with E-state index < -0.39 is 17.6 Å². The molecule has 1 rings (SSSR count). The largest absolute Gasteiger partial charge is 0.480 e. The molecule has 0 heterocycles. The van der Waals surface area contributed by atoms with Crippen LogP contribution in [0.15, 0.2) is 18.2 Å². The SMILES string of the molecule is Cc1cccc(OC(=O)NC(C)(C)C(=O)O)c1C. The highest BCUT2D eigenvalue weighted by Crippen LogP contribution is 2.20. The van der Waals surface area contributed by atoms with Crippen LogP contribution >= 0.6 is 0 Å². The minimum absolute atomic E-state index is 0.425. The first kappa shape index (κ1) is 14.0. The summed E-state index contributed by atoms with van der Waals surface area (Å²) >= 11 is 0. The molecule has 1 aromatic carbocycles. The van der Waals surface area contributed by atoms with Crippen LogP contribution in [0, 0.1) is 13.8 Å². The van der Waals surface area contributed by atoms with Crippen LogP contribution < -0.4 is 10.1 Å². The van der Waals surface area contributed by atoms with Gasteiger partial charge in [-0.05, 0) is 44.9 Å². The lowest BCUT2D eigenvalue weighted by Gasteiger charge is -2.20. The monoisotopic (exact) mass is 251 g/mol. The number of carbonyl (C=O) groups excluding carboxylic acids is 1. The lowest BCUT2D eigenvalue weighted by molar-refractivity contribution is -0.143. The van der Waals surface area contributed by atoms with Crippen molar-refractivity contribution < 1.29 is 19.4 Å². The number of hydrogen-bond acceptors (Lipinski definition) is 3. The van der Waals surface area contributed by atoms with Gasteiger partial charge in [0.2, 0.25) is 0 Å². The molecule has 1 amide bonds. The van der Waals surface area contributed by atoms with Gasteiger partial charge < -0.3 is 15.2 Å². The second-order valence-electron chi connectivity index (χ2n) is 4.64. The molecular formula is C13H17NO4. The third kappa shape index (κ3) is 3.23. The minimum atomic E-state index is -1.37. The Balaban J connectivity index is 2.77. The van der Waals surface area contributed by atoms with Crippen molar-refractivity contribution >= 4 is 12.1 Å². The molecule has 0 unspecified atom stereocenters. The Bertz CT molecular complexity index is 480. The standard InChI is InChI=1S/C13H17NO4/c1-8-6-5-7-10(9(8)2)18-12(17)14-13(3,4)11(15)16/h5-7H,1-4H3,(H,14,17)(H,15,16). The second kappa shape index (κ2) is 5.08. The zero-order chi connectivity index (χ0) is 13.9. The summed E-state index contributed by atoms with van der Waals surface area (Å²) in [6.45, 7) is 6.51. The van der Waals surface area contributed by atoms with Crippen molar-refractivity contribution in [3.8, 4) is 5.75 Å². The summed E-state index contributed by atoms with van der Waals surface area (Å²) in [6, 6.07) is 5.34. The van der Waals surface area contributed by atoms with E-state index in [4.69, 9.17) is 9.84 Å². The van der Waals surface area contributed by atoms with Crippen LogP contribution in [0.2, 0.25) is 0 Å². The molecule has 0 saturated heterocycles. The lowest BCUT2D eigenvalue weighted by Crippen LogP contribution is -2.50. The van der Waals surface area contributed by atoms with Crippen molar-refractivity contribution in [1.29, 1.82) is 0 Å². The van der Waals surface area contributed by atoms with Crippen molar-refractivity contribution in [3.63, 3.8) is 0 Å². The number of hydrogen-bond donors (Lipinski definition) is 2. The van der Waals surface area contributed by atoms with Crippen LogP contribution in [0.25, 0.3) is 0 Å². The molecule has 18 heavy (non-hydrogen) atoms. The number of nitrogens with one attached hydrogen (secondary N) is 1. The van der Waals surface area contributed by atoms with Gasteiger partial charge in [0.25, 0.3) is 0 Å². The fraction of sp³-hybridized carbons (Fsp3) is 0.385. The summed E-state index contributed by atoms with van der Waals surface area (Å²) in [4.78, 5) is 22.5. The molecule has 0 atom stereocenters. The summed E-state index contributed by atoms with van der Waals surface area (Å²) in [7, 11) is 0. The topological polar surface area (TPSA) is 75.6 Å². The van der Waals surface area contributed by atoms with E-state index in [-0.39, 0.29) is 0 Å². The molecule has 5 nitrogen and oxygen atoms in total. The molecular weight excluding hydrogens is 234 g/mol. The number of aryl methyl sites for hydroxylation is 1. The Hall–Kier alpha value is -2.04. The van der Waals surface area contributed by atoms with Gasteiger partial charge in [0.15, 0.2) is 0 Å². The quantitative estimate of drug-likeness (QED) is 0.864. The van der Waals surface area contributed by atoms with Gasteiger partial charge in [-0.15, -0.1) is 0 Å². The van der Waals surface area contributed by atoms with Gasteiger partial charge >= 0.3 is 12.1 Å². The fourth-order valence-corrected chi connectivity index (χ4v) is 1.27. The number of ether oxygens (including phenoxy) is 1. The Morgan fingerprint density at radius 3 is 2.44 bits per heavy atom. The highest BCUT2D eigenvalue weighted by molar-refractivity contribution is 5.84. The van der Waals surface area contributed by atoms with E-state index in [0.29, 0.717) is 5.75 Å². The molecule has 0 aromatic heterocycles. The highest BCUT2D eigenvalue weighted by atomic mass is 16.6. The number of benzene rings is 1. The minimum Gasteiger partial charge on any atom is -0.480 e. The number of carboxylic acid groups (broad SMARTS) is 1. The Morgan fingerprint density at radius 2 is 1.89 bits per heavy atom. The van der Waals surface area contributed by atoms with Crippen LogP contribution in [-0.2, 0) is 4.79 Å². The summed E-state index contributed by atoms with van der Waals surface area (Å²) < 4.78 is 5.10. The Morgan fingerprint density at radius 1 is 1.28 bits per heavy atom. The molecule has 5 heteroatoms. The van der Waals surface area contributed by atoms with Gasteiger partial charge in [-0.25, -0.2) is 9.59 Å². The van der Waals surface area contributed by atoms with E-state index in [9.17, 15) is 9.59 Å². The molecule has 0 aliphatic rings. The van der Waals surface area contributed by atoms with Gasteiger partial charge in [-0.1, -0.05) is 12.1 Å². The molecule has 0 aliphatic heterocycles. The summed E-state index contributed by atoms with van der Waals surface area (Å²) in [5.74, 6) is -0.700. The number of rotatable bonds is 3. The first-order chi connectivity index (χ1) is 8.24. The van der Waals surface area contributed by atoms with Crippen molar-refractivity contribution in [1.82, 2.24) is 5.32 Å². The van der Waals surface area contributed by atoms with Crippen LogP contribution in [0.3, 0.4) is 0 Å².